The molecule has 0 bridgehead atoms. The number of fused-ring (bicyclic) bond motifs is 1. The second-order valence-corrected chi connectivity index (χ2v) is 7.26. The number of aromatic nitrogens is 1. The van der Waals surface area contributed by atoms with Crippen molar-refractivity contribution in [3.05, 3.63) is 63.4 Å². The van der Waals surface area contributed by atoms with Crippen LogP contribution in [-0.4, -0.2) is 21.6 Å². The number of amides is 1. The normalized spacial score (nSPS) is 13.7. The van der Waals surface area contributed by atoms with Crippen LogP contribution in [0, 0.1) is 0 Å². The first-order valence-corrected chi connectivity index (χ1v) is 9.07. The maximum Gasteiger partial charge on any atom is 0.417 e. The van der Waals surface area contributed by atoms with E-state index in [0.717, 1.165) is 10.6 Å². The number of carbonyl (C=O) groups is 2. The third-order valence-electron chi connectivity index (χ3n) is 3.97. The smallest absolute Gasteiger partial charge is 0.417 e. The molecule has 3 aromatic rings. The number of rotatable bonds is 3. The minimum atomic E-state index is -4.64. The highest BCUT2D eigenvalue weighted by molar-refractivity contribution is 7.16. The van der Waals surface area contributed by atoms with Crippen LogP contribution in [-0.2, 0) is 11.0 Å². The van der Waals surface area contributed by atoms with Gasteiger partial charge in [0.25, 0.3) is 5.91 Å². The molecule has 5 nitrogen and oxygen atoms in total. The van der Waals surface area contributed by atoms with Crippen LogP contribution in [0.5, 0.6) is 0 Å². The summed E-state index contributed by atoms with van der Waals surface area (Å²) in [5, 5.41) is 9.67. The molecule has 28 heavy (non-hydrogen) atoms. The largest absolute Gasteiger partial charge is 0.480 e. The number of hydrogen-bond acceptors (Lipinski definition) is 3. The average Bonchev–Trinajstić information content (AvgIpc) is 2.97. The molecule has 0 aliphatic rings. The van der Waals surface area contributed by atoms with E-state index in [1.54, 1.807) is 6.07 Å². The van der Waals surface area contributed by atoms with Gasteiger partial charge in [-0.25, -0.2) is 4.79 Å². The predicted octanol–water partition coefficient (Wildman–Crippen LogP) is 4.76. The van der Waals surface area contributed by atoms with E-state index in [2.05, 4.69) is 4.99 Å². The molecule has 146 valence electrons. The molecule has 1 amide bonds. The Hall–Kier alpha value is -2.65. The number of carboxylic acids is 1. The number of nitrogens with zero attached hydrogens (tertiary/aromatic N) is 2. The molecule has 1 unspecified atom stereocenters. The van der Waals surface area contributed by atoms with E-state index in [0.29, 0.717) is 16.4 Å². The van der Waals surface area contributed by atoms with Gasteiger partial charge in [-0.15, -0.1) is 0 Å². The van der Waals surface area contributed by atoms with E-state index in [1.165, 1.54) is 37.3 Å². The van der Waals surface area contributed by atoms with Crippen LogP contribution in [0.25, 0.3) is 10.2 Å². The van der Waals surface area contributed by atoms with Crippen molar-refractivity contribution >= 4 is 45.0 Å². The quantitative estimate of drug-likeness (QED) is 0.653. The monoisotopic (exact) mass is 428 g/mol. The standard InChI is InChI=1S/C18H12ClF3N2O3S/c1-9(16(26)27)24-13-7-3-6-12(18(20,21)22)14(13)28-17(24)23-15(25)10-4-2-5-11(19)8-10/h2-9H,1H3,(H,26,27)/b23-17-. The number of carbonyl (C=O) groups excluding carboxylic acids is 1. The van der Waals surface area contributed by atoms with Crippen LogP contribution in [0.2, 0.25) is 5.02 Å². The second kappa shape index (κ2) is 7.40. The fraction of sp³-hybridized carbons (Fsp3) is 0.167. The molecule has 0 aliphatic carbocycles. The summed E-state index contributed by atoms with van der Waals surface area (Å²) in [7, 11) is 0. The van der Waals surface area contributed by atoms with Crippen LogP contribution < -0.4 is 4.80 Å². The Bertz CT molecular complexity index is 1150. The zero-order chi connectivity index (χ0) is 20.6. The summed E-state index contributed by atoms with van der Waals surface area (Å²) in [5.41, 5.74) is -0.749. The molecule has 1 aromatic heterocycles. The molecule has 1 N–H and O–H groups in total. The minimum absolute atomic E-state index is 0.0346. The van der Waals surface area contributed by atoms with Crippen LogP contribution in [0.15, 0.2) is 47.5 Å². The minimum Gasteiger partial charge on any atom is -0.480 e. The average molecular weight is 429 g/mol. The van der Waals surface area contributed by atoms with Gasteiger partial charge < -0.3 is 9.67 Å². The molecule has 0 radical (unpaired) electrons. The van der Waals surface area contributed by atoms with Crippen molar-refractivity contribution in [1.82, 2.24) is 4.57 Å². The zero-order valence-corrected chi connectivity index (χ0v) is 15.8. The van der Waals surface area contributed by atoms with Gasteiger partial charge >= 0.3 is 12.1 Å². The van der Waals surface area contributed by atoms with Crippen LogP contribution in [0.1, 0.15) is 28.9 Å². The molecule has 1 heterocycles. The van der Waals surface area contributed by atoms with Crippen LogP contribution in [0.4, 0.5) is 13.2 Å². The van der Waals surface area contributed by atoms with Crippen molar-refractivity contribution in [2.75, 3.05) is 0 Å². The Morgan fingerprint density at radius 3 is 2.50 bits per heavy atom. The molecule has 0 saturated carbocycles. The molecule has 0 saturated heterocycles. The van der Waals surface area contributed by atoms with E-state index < -0.39 is 29.7 Å². The van der Waals surface area contributed by atoms with Gasteiger partial charge in [0.1, 0.15) is 6.04 Å². The lowest BCUT2D eigenvalue weighted by Gasteiger charge is -2.11. The SMILES string of the molecule is CC(C(=O)O)n1/c(=N/C(=O)c2cccc(Cl)c2)sc2c(C(F)(F)F)cccc21. The van der Waals surface area contributed by atoms with Gasteiger partial charge in [-0.2, -0.15) is 18.2 Å². The Kier molecular flexibility index (Phi) is 5.31. The van der Waals surface area contributed by atoms with E-state index in [1.807, 2.05) is 0 Å². The van der Waals surface area contributed by atoms with E-state index in [4.69, 9.17) is 11.6 Å². The maximum atomic E-state index is 13.4. The predicted molar refractivity (Wildman–Crippen MR) is 98.5 cm³/mol. The molecular weight excluding hydrogens is 417 g/mol. The number of hydrogen-bond donors (Lipinski definition) is 1. The Morgan fingerprint density at radius 2 is 1.89 bits per heavy atom. The molecule has 3 rings (SSSR count). The van der Waals surface area contributed by atoms with Crippen molar-refractivity contribution in [2.24, 2.45) is 4.99 Å². The first kappa shape index (κ1) is 20.1. The summed E-state index contributed by atoms with van der Waals surface area (Å²) in [4.78, 5) is 27.7. The lowest BCUT2D eigenvalue weighted by Crippen LogP contribution is -2.25. The Balaban J connectivity index is 2.30. The van der Waals surface area contributed by atoms with Gasteiger partial charge in [-0.1, -0.05) is 35.1 Å². The van der Waals surface area contributed by atoms with Gasteiger partial charge in [0.2, 0.25) is 0 Å². The summed E-state index contributed by atoms with van der Waals surface area (Å²) in [6.07, 6.45) is -4.64. The number of thiazole rings is 1. The summed E-state index contributed by atoms with van der Waals surface area (Å²) in [5.74, 6) is -2.01. The summed E-state index contributed by atoms with van der Waals surface area (Å²) < 4.78 is 41.0. The van der Waals surface area contributed by atoms with Crippen LogP contribution >= 0.6 is 22.9 Å². The molecule has 1 atom stereocenters. The zero-order valence-electron chi connectivity index (χ0n) is 14.2. The molecule has 0 aliphatic heterocycles. The van der Waals surface area contributed by atoms with Gasteiger partial charge in [-0.05, 0) is 37.3 Å². The van der Waals surface area contributed by atoms with Crippen molar-refractivity contribution in [2.45, 2.75) is 19.1 Å². The van der Waals surface area contributed by atoms with Gasteiger partial charge in [0.05, 0.1) is 15.8 Å². The summed E-state index contributed by atoms with van der Waals surface area (Å²) in [6, 6.07) is 8.13. The van der Waals surface area contributed by atoms with Crippen molar-refractivity contribution in [3.63, 3.8) is 0 Å². The highest BCUT2D eigenvalue weighted by Crippen LogP contribution is 2.36. The fourth-order valence-corrected chi connectivity index (χ4v) is 4.04. The van der Waals surface area contributed by atoms with E-state index in [-0.39, 0.29) is 20.6 Å². The number of halogens is 4. The summed E-state index contributed by atoms with van der Waals surface area (Å²) in [6.45, 7) is 1.30. The fourth-order valence-electron chi connectivity index (χ4n) is 2.62. The van der Waals surface area contributed by atoms with Crippen molar-refractivity contribution < 1.29 is 27.9 Å². The Morgan fingerprint density at radius 1 is 1.21 bits per heavy atom. The summed E-state index contributed by atoms with van der Waals surface area (Å²) >= 11 is 6.46. The molecule has 2 aromatic carbocycles. The van der Waals surface area contributed by atoms with Crippen molar-refractivity contribution in [1.29, 1.82) is 0 Å². The van der Waals surface area contributed by atoms with Crippen molar-refractivity contribution in [3.8, 4) is 0 Å². The third-order valence-corrected chi connectivity index (χ3v) is 5.31. The molecular formula is C18H12ClF3N2O3S. The topological polar surface area (TPSA) is 71.7 Å². The van der Waals surface area contributed by atoms with E-state index in [9.17, 15) is 27.9 Å². The lowest BCUT2D eigenvalue weighted by molar-refractivity contribution is -0.140. The maximum absolute atomic E-state index is 13.4. The van der Waals surface area contributed by atoms with Gasteiger partial charge in [0.15, 0.2) is 4.80 Å². The number of aliphatic carboxylic acids is 1. The molecule has 0 fully saturated rings. The van der Waals surface area contributed by atoms with E-state index >= 15 is 0 Å². The molecule has 10 heteroatoms. The number of benzene rings is 2. The van der Waals surface area contributed by atoms with Gasteiger partial charge in [-0.3, -0.25) is 4.79 Å². The highest BCUT2D eigenvalue weighted by atomic mass is 35.5. The first-order chi connectivity index (χ1) is 13.1. The molecule has 0 spiro atoms. The van der Waals surface area contributed by atoms with Gasteiger partial charge in [0, 0.05) is 10.6 Å². The Labute approximate surface area is 165 Å². The lowest BCUT2D eigenvalue weighted by atomic mass is 10.2. The second-order valence-electron chi connectivity index (χ2n) is 5.85. The number of alkyl halides is 3. The highest BCUT2D eigenvalue weighted by Gasteiger charge is 2.34. The first-order valence-electron chi connectivity index (χ1n) is 7.88. The van der Waals surface area contributed by atoms with Crippen LogP contribution in [0.3, 0.4) is 0 Å². The third kappa shape index (κ3) is 3.81. The number of carboxylic acid groups (broad SMARTS) is 1.